The van der Waals surface area contributed by atoms with E-state index in [2.05, 4.69) is 25.8 Å². The molecule has 1 aromatic carbocycles. The standard InChI is InChI=1S/C12H12N6S/c1-9-2-3-10(13-5-11-6-19-8-14-11)4-12(9)18-7-15-16-17-18/h2-4,6-8,13H,5H2,1H3. The van der Waals surface area contributed by atoms with Gasteiger partial charge in [0.1, 0.15) is 6.33 Å². The van der Waals surface area contributed by atoms with Gasteiger partial charge < -0.3 is 5.32 Å². The van der Waals surface area contributed by atoms with Crippen LogP contribution >= 0.6 is 11.3 Å². The normalized spacial score (nSPS) is 10.6. The summed E-state index contributed by atoms with van der Waals surface area (Å²) in [4.78, 5) is 4.24. The van der Waals surface area contributed by atoms with Crippen molar-refractivity contribution in [2.45, 2.75) is 13.5 Å². The molecule has 0 saturated heterocycles. The van der Waals surface area contributed by atoms with E-state index in [1.807, 2.05) is 36.0 Å². The molecule has 0 aliphatic carbocycles. The van der Waals surface area contributed by atoms with Crippen molar-refractivity contribution in [3.63, 3.8) is 0 Å². The topological polar surface area (TPSA) is 68.5 Å². The van der Waals surface area contributed by atoms with Gasteiger partial charge in [0.15, 0.2) is 0 Å². The van der Waals surface area contributed by atoms with Crippen molar-refractivity contribution in [1.82, 2.24) is 25.2 Å². The van der Waals surface area contributed by atoms with Gasteiger partial charge in [-0.1, -0.05) is 6.07 Å². The maximum Gasteiger partial charge on any atom is 0.143 e. The molecule has 0 unspecified atom stereocenters. The highest BCUT2D eigenvalue weighted by Crippen LogP contribution is 2.18. The summed E-state index contributed by atoms with van der Waals surface area (Å²) in [5.41, 5.74) is 5.97. The van der Waals surface area contributed by atoms with Crippen molar-refractivity contribution in [2.75, 3.05) is 5.32 Å². The minimum atomic E-state index is 0.710. The fourth-order valence-corrected chi connectivity index (χ4v) is 2.31. The van der Waals surface area contributed by atoms with E-state index < -0.39 is 0 Å². The third-order valence-corrected chi connectivity index (χ3v) is 3.40. The van der Waals surface area contributed by atoms with Crippen molar-refractivity contribution < 1.29 is 0 Å². The SMILES string of the molecule is Cc1ccc(NCc2cscn2)cc1-n1cnnn1. The number of anilines is 1. The van der Waals surface area contributed by atoms with Crippen molar-refractivity contribution in [3.8, 4) is 5.69 Å². The third kappa shape index (κ3) is 2.60. The van der Waals surface area contributed by atoms with Gasteiger partial charge in [0.25, 0.3) is 0 Å². The largest absolute Gasteiger partial charge is 0.379 e. The van der Waals surface area contributed by atoms with Crippen LogP contribution in [0.3, 0.4) is 0 Å². The number of nitrogens with one attached hydrogen (secondary N) is 1. The van der Waals surface area contributed by atoms with Crippen LogP contribution in [0.1, 0.15) is 11.3 Å². The van der Waals surface area contributed by atoms with Crippen LogP contribution in [-0.4, -0.2) is 25.2 Å². The van der Waals surface area contributed by atoms with Gasteiger partial charge in [0.05, 0.1) is 23.4 Å². The molecule has 0 spiro atoms. The van der Waals surface area contributed by atoms with E-state index in [-0.39, 0.29) is 0 Å². The monoisotopic (exact) mass is 272 g/mol. The molecule has 0 amide bonds. The molecule has 3 rings (SSSR count). The van der Waals surface area contributed by atoms with E-state index in [4.69, 9.17) is 0 Å². The van der Waals surface area contributed by atoms with E-state index in [1.165, 1.54) is 0 Å². The zero-order valence-electron chi connectivity index (χ0n) is 10.3. The maximum absolute atomic E-state index is 4.24. The highest BCUT2D eigenvalue weighted by atomic mass is 32.1. The molecule has 96 valence electrons. The molecule has 6 nitrogen and oxygen atoms in total. The number of hydrogen-bond donors (Lipinski definition) is 1. The molecule has 3 aromatic rings. The van der Waals surface area contributed by atoms with Gasteiger partial charge in [-0.05, 0) is 35.0 Å². The molecular weight excluding hydrogens is 260 g/mol. The first-order chi connectivity index (χ1) is 9.33. The minimum Gasteiger partial charge on any atom is -0.379 e. The van der Waals surface area contributed by atoms with Crippen LogP contribution < -0.4 is 5.32 Å². The van der Waals surface area contributed by atoms with Gasteiger partial charge in [0, 0.05) is 11.1 Å². The van der Waals surface area contributed by atoms with Crippen LogP contribution in [0.15, 0.2) is 35.4 Å². The third-order valence-electron chi connectivity index (χ3n) is 2.76. The van der Waals surface area contributed by atoms with E-state index in [0.717, 1.165) is 22.6 Å². The maximum atomic E-state index is 4.24. The van der Waals surface area contributed by atoms with Crippen LogP contribution in [0.2, 0.25) is 0 Å². The molecule has 0 fully saturated rings. The fraction of sp³-hybridized carbons (Fsp3) is 0.167. The quantitative estimate of drug-likeness (QED) is 0.787. The fourth-order valence-electron chi connectivity index (χ4n) is 1.76. The van der Waals surface area contributed by atoms with Crippen LogP contribution in [0.4, 0.5) is 5.69 Å². The average Bonchev–Trinajstić information content (AvgIpc) is 3.11. The molecule has 19 heavy (non-hydrogen) atoms. The highest BCUT2D eigenvalue weighted by Gasteiger charge is 2.04. The Labute approximate surface area is 114 Å². The zero-order valence-corrected chi connectivity index (χ0v) is 11.1. The van der Waals surface area contributed by atoms with Crippen molar-refractivity contribution in [2.24, 2.45) is 0 Å². The zero-order chi connectivity index (χ0) is 13.1. The Bertz CT molecular complexity index is 647. The van der Waals surface area contributed by atoms with E-state index in [1.54, 1.807) is 22.3 Å². The first-order valence-electron chi connectivity index (χ1n) is 5.78. The molecule has 0 radical (unpaired) electrons. The number of benzene rings is 1. The number of aromatic nitrogens is 5. The van der Waals surface area contributed by atoms with Crippen molar-refractivity contribution >= 4 is 17.0 Å². The summed E-state index contributed by atoms with van der Waals surface area (Å²) in [6.07, 6.45) is 1.59. The predicted octanol–water partition coefficient (Wildman–Crippen LogP) is 2.04. The van der Waals surface area contributed by atoms with Crippen molar-refractivity contribution in [3.05, 3.63) is 46.7 Å². The second-order valence-corrected chi connectivity index (χ2v) is 4.81. The van der Waals surface area contributed by atoms with Crippen molar-refractivity contribution in [1.29, 1.82) is 0 Å². The van der Waals surface area contributed by atoms with E-state index in [0.29, 0.717) is 6.54 Å². The average molecular weight is 272 g/mol. The minimum absolute atomic E-state index is 0.710. The lowest BCUT2D eigenvalue weighted by Gasteiger charge is -2.09. The summed E-state index contributed by atoms with van der Waals surface area (Å²) in [7, 11) is 0. The molecule has 0 aliphatic rings. The lowest BCUT2D eigenvalue weighted by molar-refractivity contribution is 0.785. The van der Waals surface area contributed by atoms with Gasteiger partial charge >= 0.3 is 0 Å². The Balaban J connectivity index is 1.81. The molecule has 0 aliphatic heterocycles. The molecule has 7 heteroatoms. The summed E-state index contributed by atoms with van der Waals surface area (Å²) < 4.78 is 1.66. The predicted molar refractivity (Wildman–Crippen MR) is 73.3 cm³/mol. The number of hydrogen-bond acceptors (Lipinski definition) is 6. The number of thiazole rings is 1. The molecule has 0 bridgehead atoms. The first kappa shape index (κ1) is 11.8. The summed E-state index contributed by atoms with van der Waals surface area (Å²) >= 11 is 1.60. The van der Waals surface area contributed by atoms with Gasteiger partial charge in [-0.25, -0.2) is 9.67 Å². The number of rotatable bonds is 4. The Morgan fingerprint density at radius 2 is 2.32 bits per heavy atom. The molecule has 2 heterocycles. The number of nitrogens with zero attached hydrogens (tertiary/aromatic N) is 5. The van der Waals surface area contributed by atoms with Crippen LogP contribution in [0.5, 0.6) is 0 Å². The smallest absolute Gasteiger partial charge is 0.143 e. The summed E-state index contributed by atoms with van der Waals surface area (Å²) in [5.74, 6) is 0. The molecular formula is C12H12N6S. The molecule has 1 N–H and O–H groups in total. The summed E-state index contributed by atoms with van der Waals surface area (Å²) in [6, 6.07) is 6.11. The highest BCUT2D eigenvalue weighted by molar-refractivity contribution is 7.07. The lowest BCUT2D eigenvalue weighted by Crippen LogP contribution is -2.03. The van der Waals surface area contributed by atoms with E-state index >= 15 is 0 Å². The van der Waals surface area contributed by atoms with Gasteiger partial charge in [-0.2, -0.15) is 0 Å². The Kier molecular flexibility index (Phi) is 3.20. The Morgan fingerprint density at radius 1 is 1.37 bits per heavy atom. The molecule has 0 saturated carbocycles. The number of aryl methyl sites for hydroxylation is 1. The van der Waals surface area contributed by atoms with Gasteiger partial charge in [0.2, 0.25) is 0 Å². The second-order valence-electron chi connectivity index (χ2n) is 4.09. The van der Waals surface area contributed by atoms with Gasteiger partial charge in [-0.15, -0.1) is 16.4 Å². The van der Waals surface area contributed by atoms with Crippen LogP contribution in [-0.2, 0) is 6.54 Å². The molecule has 0 atom stereocenters. The summed E-state index contributed by atoms with van der Waals surface area (Å²) in [6.45, 7) is 2.74. The Hall–Kier alpha value is -2.28. The van der Waals surface area contributed by atoms with Gasteiger partial charge in [-0.3, -0.25) is 0 Å². The molecule has 2 aromatic heterocycles. The van der Waals surface area contributed by atoms with E-state index in [9.17, 15) is 0 Å². The lowest BCUT2D eigenvalue weighted by atomic mass is 10.2. The first-order valence-corrected chi connectivity index (χ1v) is 6.72. The Morgan fingerprint density at radius 3 is 3.05 bits per heavy atom. The second kappa shape index (κ2) is 5.15. The van der Waals surface area contributed by atoms with Crippen LogP contribution in [0.25, 0.3) is 5.69 Å². The number of tetrazole rings is 1. The summed E-state index contributed by atoms with van der Waals surface area (Å²) in [5, 5.41) is 16.6. The van der Waals surface area contributed by atoms with Crippen LogP contribution in [0, 0.1) is 6.92 Å².